The van der Waals surface area contributed by atoms with Crippen LogP contribution in [0.2, 0.25) is 0 Å². The third-order valence-corrected chi connectivity index (χ3v) is 3.30. The molecule has 4 heteroatoms. The maximum atomic E-state index is 9.85. The number of rotatable bonds is 7. The standard InChI is InChI=1S/C15H23NO3/c1-12-5-2-3-7-15(12)19-11-13(17)9-16-10-14-6-4-8-18-14/h2-3,5,7,13-14,16-17H,4,6,8-11H2,1H3. The van der Waals surface area contributed by atoms with E-state index in [0.717, 1.165) is 37.3 Å². The summed E-state index contributed by atoms with van der Waals surface area (Å²) in [5.74, 6) is 0.834. The van der Waals surface area contributed by atoms with Gasteiger partial charge in [-0.15, -0.1) is 0 Å². The summed E-state index contributed by atoms with van der Waals surface area (Å²) >= 11 is 0. The minimum atomic E-state index is -0.499. The van der Waals surface area contributed by atoms with Crippen LogP contribution in [-0.4, -0.2) is 43.6 Å². The molecule has 1 aromatic carbocycles. The van der Waals surface area contributed by atoms with Gasteiger partial charge in [0.25, 0.3) is 0 Å². The van der Waals surface area contributed by atoms with Gasteiger partial charge in [-0.3, -0.25) is 0 Å². The molecule has 19 heavy (non-hydrogen) atoms. The summed E-state index contributed by atoms with van der Waals surface area (Å²) in [4.78, 5) is 0. The molecule has 2 rings (SSSR count). The minimum absolute atomic E-state index is 0.309. The monoisotopic (exact) mass is 265 g/mol. The summed E-state index contributed by atoms with van der Waals surface area (Å²) in [6, 6.07) is 7.82. The molecule has 0 aliphatic carbocycles. The number of para-hydroxylation sites is 1. The lowest BCUT2D eigenvalue weighted by atomic mass is 10.2. The quantitative estimate of drug-likeness (QED) is 0.784. The van der Waals surface area contributed by atoms with E-state index >= 15 is 0 Å². The normalized spacial score (nSPS) is 20.4. The SMILES string of the molecule is Cc1ccccc1OCC(O)CNCC1CCCO1. The lowest BCUT2D eigenvalue weighted by Crippen LogP contribution is -2.35. The summed E-state index contributed by atoms with van der Waals surface area (Å²) in [5, 5.41) is 13.1. The number of benzene rings is 1. The van der Waals surface area contributed by atoms with E-state index in [4.69, 9.17) is 9.47 Å². The lowest BCUT2D eigenvalue weighted by molar-refractivity contribution is 0.0880. The highest BCUT2D eigenvalue weighted by molar-refractivity contribution is 5.31. The Bertz CT molecular complexity index is 377. The molecule has 1 saturated heterocycles. The fourth-order valence-corrected chi connectivity index (χ4v) is 2.18. The van der Waals surface area contributed by atoms with Crippen LogP contribution in [0, 0.1) is 6.92 Å². The van der Waals surface area contributed by atoms with Gasteiger partial charge in [0.2, 0.25) is 0 Å². The number of ether oxygens (including phenoxy) is 2. The number of hydrogen-bond donors (Lipinski definition) is 2. The highest BCUT2D eigenvalue weighted by Crippen LogP contribution is 2.16. The van der Waals surface area contributed by atoms with Crippen molar-refractivity contribution in [2.75, 3.05) is 26.3 Å². The van der Waals surface area contributed by atoms with E-state index in [0.29, 0.717) is 19.3 Å². The molecule has 1 aliphatic heterocycles. The van der Waals surface area contributed by atoms with E-state index in [2.05, 4.69) is 5.32 Å². The van der Waals surface area contributed by atoms with Crippen molar-refractivity contribution >= 4 is 0 Å². The molecular weight excluding hydrogens is 242 g/mol. The van der Waals surface area contributed by atoms with Crippen molar-refractivity contribution < 1.29 is 14.6 Å². The fourth-order valence-electron chi connectivity index (χ4n) is 2.18. The Morgan fingerprint density at radius 3 is 3.05 bits per heavy atom. The predicted molar refractivity (Wildman–Crippen MR) is 74.5 cm³/mol. The molecule has 0 saturated carbocycles. The van der Waals surface area contributed by atoms with Crippen LogP contribution in [0.5, 0.6) is 5.75 Å². The fraction of sp³-hybridized carbons (Fsp3) is 0.600. The van der Waals surface area contributed by atoms with E-state index in [-0.39, 0.29) is 0 Å². The average molecular weight is 265 g/mol. The van der Waals surface area contributed by atoms with E-state index in [1.165, 1.54) is 0 Å². The van der Waals surface area contributed by atoms with Crippen molar-refractivity contribution in [1.82, 2.24) is 5.32 Å². The van der Waals surface area contributed by atoms with Crippen LogP contribution in [0.3, 0.4) is 0 Å². The molecule has 0 radical (unpaired) electrons. The first-order valence-electron chi connectivity index (χ1n) is 6.94. The number of aliphatic hydroxyl groups excluding tert-OH is 1. The zero-order chi connectivity index (χ0) is 13.5. The highest BCUT2D eigenvalue weighted by atomic mass is 16.5. The maximum absolute atomic E-state index is 9.85. The van der Waals surface area contributed by atoms with E-state index in [9.17, 15) is 5.11 Å². The van der Waals surface area contributed by atoms with Crippen LogP contribution < -0.4 is 10.1 Å². The number of aliphatic hydroxyl groups is 1. The molecule has 2 N–H and O–H groups in total. The van der Waals surface area contributed by atoms with Gasteiger partial charge in [0.1, 0.15) is 18.5 Å². The first-order valence-corrected chi connectivity index (χ1v) is 6.94. The Morgan fingerprint density at radius 1 is 1.47 bits per heavy atom. The van der Waals surface area contributed by atoms with Crippen molar-refractivity contribution in [3.8, 4) is 5.75 Å². The van der Waals surface area contributed by atoms with Gasteiger partial charge in [0.05, 0.1) is 6.10 Å². The van der Waals surface area contributed by atoms with Gasteiger partial charge in [-0.1, -0.05) is 18.2 Å². The molecule has 1 aliphatic rings. The van der Waals surface area contributed by atoms with Crippen molar-refractivity contribution in [2.24, 2.45) is 0 Å². The zero-order valence-electron chi connectivity index (χ0n) is 11.5. The average Bonchev–Trinajstić information content (AvgIpc) is 2.91. The zero-order valence-corrected chi connectivity index (χ0v) is 11.5. The molecule has 1 fully saturated rings. The molecule has 4 nitrogen and oxygen atoms in total. The second-order valence-corrected chi connectivity index (χ2v) is 5.02. The van der Waals surface area contributed by atoms with Crippen LogP contribution in [-0.2, 0) is 4.74 Å². The van der Waals surface area contributed by atoms with Crippen LogP contribution in [0.1, 0.15) is 18.4 Å². The second-order valence-electron chi connectivity index (χ2n) is 5.02. The van der Waals surface area contributed by atoms with Crippen LogP contribution >= 0.6 is 0 Å². The van der Waals surface area contributed by atoms with E-state index in [1.807, 2.05) is 31.2 Å². The maximum Gasteiger partial charge on any atom is 0.122 e. The van der Waals surface area contributed by atoms with E-state index < -0.39 is 6.10 Å². The Kier molecular flexibility index (Phi) is 5.63. The van der Waals surface area contributed by atoms with Crippen LogP contribution in [0.15, 0.2) is 24.3 Å². The molecule has 0 aromatic heterocycles. The van der Waals surface area contributed by atoms with Gasteiger partial charge in [0, 0.05) is 19.7 Å². The summed E-state index contributed by atoms with van der Waals surface area (Å²) in [5.41, 5.74) is 1.09. The lowest BCUT2D eigenvalue weighted by Gasteiger charge is -2.16. The first-order chi connectivity index (χ1) is 9.25. The third kappa shape index (κ3) is 4.82. The smallest absolute Gasteiger partial charge is 0.122 e. The van der Waals surface area contributed by atoms with Gasteiger partial charge >= 0.3 is 0 Å². The molecule has 2 atom stereocenters. The van der Waals surface area contributed by atoms with Gasteiger partial charge in [-0.05, 0) is 31.4 Å². The van der Waals surface area contributed by atoms with Crippen molar-refractivity contribution in [2.45, 2.75) is 32.0 Å². The molecule has 2 unspecified atom stereocenters. The Hall–Kier alpha value is -1.10. The minimum Gasteiger partial charge on any atom is -0.491 e. The van der Waals surface area contributed by atoms with Gasteiger partial charge in [-0.2, -0.15) is 0 Å². The topological polar surface area (TPSA) is 50.7 Å². The van der Waals surface area contributed by atoms with Gasteiger partial charge < -0.3 is 19.9 Å². The van der Waals surface area contributed by atoms with E-state index in [1.54, 1.807) is 0 Å². The largest absolute Gasteiger partial charge is 0.491 e. The van der Waals surface area contributed by atoms with Crippen LogP contribution in [0.4, 0.5) is 0 Å². The molecular formula is C15H23NO3. The summed E-state index contributed by atoms with van der Waals surface area (Å²) < 4.78 is 11.1. The van der Waals surface area contributed by atoms with Crippen molar-refractivity contribution in [3.05, 3.63) is 29.8 Å². The summed E-state index contributed by atoms with van der Waals surface area (Å²) in [6.45, 7) is 4.51. The predicted octanol–water partition coefficient (Wildman–Crippen LogP) is 1.50. The van der Waals surface area contributed by atoms with Crippen LogP contribution in [0.25, 0.3) is 0 Å². The molecule has 1 aromatic rings. The molecule has 106 valence electrons. The van der Waals surface area contributed by atoms with Gasteiger partial charge in [0.15, 0.2) is 0 Å². The summed E-state index contributed by atoms with van der Waals surface area (Å²) in [7, 11) is 0. The Balaban J connectivity index is 1.61. The Labute approximate surface area is 114 Å². The van der Waals surface area contributed by atoms with Crippen molar-refractivity contribution in [3.63, 3.8) is 0 Å². The highest BCUT2D eigenvalue weighted by Gasteiger charge is 2.15. The Morgan fingerprint density at radius 2 is 2.32 bits per heavy atom. The number of aryl methyl sites for hydroxylation is 1. The second kappa shape index (κ2) is 7.48. The van der Waals surface area contributed by atoms with Gasteiger partial charge in [-0.25, -0.2) is 0 Å². The third-order valence-electron chi connectivity index (χ3n) is 3.30. The number of nitrogens with one attached hydrogen (secondary N) is 1. The molecule has 0 amide bonds. The van der Waals surface area contributed by atoms with Crippen molar-refractivity contribution in [1.29, 1.82) is 0 Å². The molecule has 0 spiro atoms. The summed E-state index contributed by atoms with van der Waals surface area (Å²) in [6.07, 6.45) is 2.07. The first kappa shape index (κ1) is 14.3. The molecule has 0 bridgehead atoms. The molecule has 1 heterocycles. The number of hydrogen-bond acceptors (Lipinski definition) is 4.